The van der Waals surface area contributed by atoms with E-state index < -0.39 is 25.4 Å². The molecule has 1 aromatic rings. The largest absolute Gasteiger partial charge is 0.469 e. The van der Waals surface area contributed by atoms with Gasteiger partial charge in [-0.1, -0.05) is 31.5 Å². The lowest BCUT2D eigenvalue weighted by Gasteiger charge is -2.56. The topological polar surface area (TPSA) is 94.6 Å². The SMILES string of the molecule is COC(=O)[C@]1(C)CCC[C@@]2(C)C(=O)C(CCC(C)=O)(S(=O)(=O)c3ccccc3)CC[C@H]12. The van der Waals surface area contributed by atoms with Gasteiger partial charge in [-0.15, -0.1) is 0 Å². The van der Waals surface area contributed by atoms with E-state index in [4.69, 9.17) is 4.74 Å². The standard InChI is InChI=1S/C24H32O6S/c1-17(25)11-15-24(31(28,29)18-9-6-5-7-10-18)16-12-19-22(2,20(24)26)13-8-14-23(19,3)21(27)30-4/h5-7,9-10,19H,8,11-16H2,1-4H3/t19-,22+,23+,24?/m0/s1. The van der Waals surface area contributed by atoms with Gasteiger partial charge in [-0.2, -0.15) is 0 Å². The molecule has 0 saturated heterocycles. The molecule has 2 fully saturated rings. The average Bonchev–Trinajstić information content (AvgIpc) is 2.74. The molecule has 1 aromatic carbocycles. The fraction of sp³-hybridized carbons (Fsp3) is 0.625. The molecule has 2 aliphatic rings. The average molecular weight is 449 g/mol. The number of sulfone groups is 1. The summed E-state index contributed by atoms with van der Waals surface area (Å²) < 4.78 is 31.2. The van der Waals surface area contributed by atoms with Crippen LogP contribution < -0.4 is 0 Å². The molecule has 0 amide bonds. The molecule has 4 atom stereocenters. The zero-order valence-corrected chi connectivity index (χ0v) is 19.6. The van der Waals surface area contributed by atoms with Crippen molar-refractivity contribution in [2.24, 2.45) is 16.7 Å². The van der Waals surface area contributed by atoms with Crippen LogP contribution in [0.2, 0.25) is 0 Å². The zero-order valence-electron chi connectivity index (χ0n) is 18.8. The number of carbonyl (C=O) groups excluding carboxylic acids is 3. The Morgan fingerprint density at radius 3 is 2.32 bits per heavy atom. The van der Waals surface area contributed by atoms with E-state index in [0.717, 1.165) is 0 Å². The van der Waals surface area contributed by atoms with E-state index in [-0.39, 0.29) is 47.6 Å². The van der Waals surface area contributed by atoms with Gasteiger partial charge in [0.2, 0.25) is 0 Å². The van der Waals surface area contributed by atoms with Gasteiger partial charge in [0.1, 0.15) is 10.5 Å². The second-order valence-corrected chi connectivity index (χ2v) is 11.9. The number of hydrogen-bond donors (Lipinski definition) is 0. The lowest BCUT2D eigenvalue weighted by atomic mass is 9.48. The number of ketones is 2. The number of carbonyl (C=O) groups is 3. The van der Waals surface area contributed by atoms with Crippen LogP contribution in [0, 0.1) is 16.7 Å². The number of methoxy groups -OCH3 is 1. The predicted octanol–water partition coefficient (Wildman–Crippen LogP) is 3.92. The van der Waals surface area contributed by atoms with Gasteiger partial charge < -0.3 is 9.53 Å². The van der Waals surface area contributed by atoms with Crippen LogP contribution in [0.15, 0.2) is 35.2 Å². The molecule has 170 valence electrons. The highest BCUT2D eigenvalue weighted by molar-refractivity contribution is 7.93. The third-order valence-electron chi connectivity index (χ3n) is 7.80. The number of Topliss-reactive ketones (excluding diaryl/α,β-unsaturated/α-hetero) is 2. The molecule has 7 heteroatoms. The molecule has 0 aromatic heterocycles. The van der Waals surface area contributed by atoms with Crippen LogP contribution in [-0.4, -0.2) is 37.8 Å². The van der Waals surface area contributed by atoms with Crippen LogP contribution >= 0.6 is 0 Å². The first kappa shape index (κ1) is 23.6. The minimum Gasteiger partial charge on any atom is -0.469 e. The van der Waals surface area contributed by atoms with Gasteiger partial charge >= 0.3 is 5.97 Å². The van der Waals surface area contributed by atoms with Crippen molar-refractivity contribution in [3.63, 3.8) is 0 Å². The molecule has 6 nitrogen and oxygen atoms in total. The van der Waals surface area contributed by atoms with Crippen molar-refractivity contribution in [2.75, 3.05) is 7.11 Å². The second kappa shape index (κ2) is 8.15. The number of fused-ring (bicyclic) bond motifs is 1. The van der Waals surface area contributed by atoms with Crippen LogP contribution in [0.1, 0.15) is 65.7 Å². The molecule has 3 rings (SSSR count). The molecule has 0 N–H and O–H groups in total. The van der Waals surface area contributed by atoms with Crippen molar-refractivity contribution >= 4 is 27.4 Å². The van der Waals surface area contributed by atoms with E-state index in [0.29, 0.717) is 25.7 Å². The predicted molar refractivity (Wildman–Crippen MR) is 116 cm³/mol. The van der Waals surface area contributed by atoms with Gasteiger partial charge in [-0.05, 0) is 64.0 Å². The Balaban J connectivity index is 2.14. The first-order valence-corrected chi connectivity index (χ1v) is 12.4. The first-order valence-electron chi connectivity index (χ1n) is 10.9. The number of esters is 1. The summed E-state index contributed by atoms with van der Waals surface area (Å²) in [5.41, 5.74) is -1.81. The van der Waals surface area contributed by atoms with Crippen LogP contribution in [0.5, 0.6) is 0 Å². The summed E-state index contributed by atoms with van der Waals surface area (Å²) in [7, 11) is -2.69. The molecule has 0 bridgehead atoms. The highest BCUT2D eigenvalue weighted by Gasteiger charge is 2.66. The third kappa shape index (κ3) is 3.55. The smallest absolute Gasteiger partial charge is 0.311 e. The van der Waals surface area contributed by atoms with Crippen LogP contribution in [0.4, 0.5) is 0 Å². The molecule has 2 aliphatic carbocycles. The van der Waals surface area contributed by atoms with E-state index in [1.165, 1.54) is 26.2 Å². The van der Waals surface area contributed by atoms with Crippen molar-refractivity contribution < 1.29 is 27.5 Å². The van der Waals surface area contributed by atoms with Gasteiger partial charge in [0.25, 0.3) is 0 Å². The van der Waals surface area contributed by atoms with E-state index in [1.807, 2.05) is 13.8 Å². The summed E-state index contributed by atoms with van der Waals surface area (Å²) in [4.78, 5) is 38.8. The molecular weight excluding hydrogens is 416 g/mol. The van der Waals surface area contributed by atoms with Gasteiger partial charge in [0, 0.05) is 11.8 Å². The Labute approximate surface area is 184 Å². The highest BCUT2D eigenvalue weighted by atomic mass is 32.2. The zero-order chi connectivity index (χ0) is 23.1. The Bertz CT molecular complexity index is 985. The maximum absolute atomic E-state index is 14.2. The van der Waals surface area contributed by atoms with E-state index in [1.54, 1.807) is 18.2 Å². The molecule has 2 saturated carbocycles. The number of ether oxygens (including phenoxy) is 1. The van der Waals surface area contributed by atoms with Crippen molar-refractivity contribution in [3.8, 4) is 0 Å². The van der Waals surface area contributed by atoms with Gasteiger partial charge in [0.15, 0.2) is 15.6 Å². The number of hydrogen-bond acceptors (Lipinski definition) is 6. The summed E-state index contributed by atoms with van der Waals surface area (Å²) in [6.45, 7) is 5.06. The van der Waals surface area contributed by atoms with Crippen LogP contribution in [0.25, 0.3) is 0 Å². The summed E-state index contributed by atoms with van der Waals surface area (Å²) in [6.07, 6.45) is 2.27. The monoisotopic (exact) mass is 448 g/mol. The minimum atomic E-state index is -4.04. The summed E-state index contributed by atoms with van der Waals surface area (Å²) in [5, 5.41) is 0. The number of rotatable bonds is 6. The van der Waals surface area contributed by atoms with Crippen molar-refractivity contribution in [3.05, 3.63) is 30.3 Å². The van der Waals surface area contributed by atoms with Crippen molar-refractivity contribution in [2.45, 2.75) is 75.4 Å². The molecule has 0 radical (unpaired) electrons. The maximum atomic E-state index is 14.2. The lowest BCUT2D eigenvalue weighted by Crippen LogP contribution is -2.63. The Kier molecular flexibility index (Phi) is 6.22. The summed E-state index contributed by atoms with van der Waals surface area (Å²) >= 11 is 0. The highest BCUT2D eigenvalue weighted by Crippen LogP contribution is 2.60. The fourth-order valence-electron chi connectivity index (χ4n) is 6.10. The third-order valence-corrected chi connectivity index (χ3v) is 10.3. The Hall–Kier alpha value is -2.02. The molecule has 1 unspecified atom stereocenters. The number of benzene rings is 1. The van der Waals surface area contributed by atoms with Gasteiger partial charge in [-0.25, -0.2) is 8.42 Å². The van der Waals surface area contributed by atoms with E-state index in [2.05, 4.69) is 0 Å². The molecule has 0 spiro atoms. The molecule has 0 aliphatic heterocycles. The quantitative estimate of drug-likeness (QED) is 0.612. The fourth-order valence-corrected chi connectivity index (χ4v) is 8.31. The van der Waals surface area contributed by atoms with Crippen molar-refractivity contribution in [1.82, 2.24) is 0 Å². The Morgan fingerprint density at radius 2 is 1.74 bits per heavy atom. The minimum absolute atomic E-state index is 0.0207. The molecular formula is C24H32O6S. The Morgan fingerprint density at radius 1 is 1.10 bits per heavy atom. The maximum Gasteiger partial charge on any atom is 0.311 e. The van der Waals surface area contributed by atoms with E-state index in [9.17, 15) is 22.8 Å². The van der Waals surface area contributed by atoms with Gasteiger partial charge in [-0.3, -0.25) is 9.59 Å². The summed E-state index contributed by atoms with van der Waals surface area (Å²) in [6, 6.07) is 8.01. The second-order valence-electron chi connectivity index (χ2n) is 9.61. The molecule has 0 heterocycles. The van der Waals surface area contributed by atoms with Crippen molar-refractivity contribution in [1.29, 1.82) is 0 Å². The first-order chi connectivity index (χ1) is 14.5. The lowest BCUT2D eigenvalue weighted by molar-refractivity contribution is -0.170. The van der Waals surface area contributed by atoms with Gasteiger partial charge in [0.05, 0.1) is 17.4 Å². The molecule has 31 heavy (non-hydrogen) atoms. The normalized spacial score (nSPS) is 33.4. The van der Waals surface area contributed by atoms with Crippen LogP contribution in [0.3, 0.4) is 0 Å². The van der Waals surface area contributed by atoms with E-state index >= 15 is 0 Å². The summed E-state index contributed by atoms with van der Waals surface area (Å²) in [5.74, 6) is -1.15. The van der Waals surface area contributed by atoms with Crippen LogP contribution in [-0.2, 0) is 29.0 Å².